The summed E-state index contributed by atoms with van der Waals surface area (Å²) < 4.78 is 11.5. The molecule has 0 unspecified atom stereocenters. The maximum Gasteiger partial charge on any atom is 0.106 e. The number of hydrogen-bond donors (Lipinski definition) is 0. The number of rotatable bonds is 2. The molecule has 0 aliphatic carbocycles. The highest BCUT2D eigenvalue weighted by atomic mass is 19.3. The highest BCUT2D eigenvalue weighted by Crippen LogP contribution is 2.19. The molecule has 0 N–H and O–H groups in total. The second kappa shape index (κ2) is 2.44. The van der Waals surface area contributed by atoms with Crippen molar-refractivity contribution in [3.8, 4) is 0 Å². The summed E-state index contributed by atoms with van der Waals surface area (Å²) in [6.45, 7) is 7.27. The van der Waals surface area contributed by atoms with Gasteiger partial charge in [0, 0.05) is 0 Å². The minimum Gasteiger partial charge on any atom is -0.188 e. The third-order valence-electron chi connectivity index (χ3n) is 1.59. The zero-order valence-corrected chi connectivity index (χ0v) is 5.86. The van der Waals surface area contributed by atoms with Crippen LogP contribution >= 0.6 is 0 Å². The Balaban J connectivity index is 3.71. The Morgan fingerprint density at radius 3 is 1.75 bits per heavy atom. The normalized spacial score (nSPS) is 12.8. The molecule has 0 saturated carbocycles. The molecule has 0 aromatic rings. The van der Waals surface area contributed by atoms with E-state index in [1.165, 1.54) is 0 Å². The van der Waals surface area contributed by atoms with E-state index in [9.17, 15) is 4.53 Å². The predicted octanol–water partition coefficient (Wildman–Crippen LogP) is 2.32. The van der Waals surface area contributed by atoms with E-state index < -0.39 is 5.60 Å². The van der Waals surface area contributed by atoms with E-state index in [1.54, 1.807) is 13.8 Å². The minimum absolute atomic E-state index is 0.215. The zero-order chi connectivity index (χ0) is 6.78. The largest absolute Gasteiger partial charge is 0.188 e. The molecule has 2 heteroatoms. The Morgan fingerprint density at radius 2 is 1.75 bits per heavy atom. The fourth-order valence-corrected chi connectivity index (χ4v) is 0.0891. The van der Waals surface area contributed by atoms with Crippen molar-refractivity contribution in [2.45, 2.75) is 33.3 Å². The molecular formula is C6H13FO. The molecule has 0 aliphatic rings. The Morgan fingerprint density at radius 1 is 1.38 bits per heavy atom. The second-order valence-electron chi connectivity index (χ2n) is 2.84. The summed E-state index contributed by atoms with van der Waals surface area (Å²) in [6.07, 6.45) is 0. The first-order chi connectivity index (χ1) is 3.50. The van der Waals surface area contributed by atoms with Gasteiger partial charge in [0.2, 0.25) is 0 Å². The highest BCUT2D eigenvalue weighted by molar-refractivity contribution is 4.69. The summed E-state index contributed by atoms with van der Waals surface area (Å²) in [6, 6.07) is 0. The van der Waals surface area contributed by atoms with Gasteiger partial charge in [-0.15, -0.1) is 0 Å². The lowest BCUT2D eigenvalue weighted by molar-refractivity contribution is -0.237. The van der Waals surface area contributed by atoms with Gasteiger partial charge in [0.15, 0.2) is 0 Å². The molecule has 50 valence electrons. The van der Waals surface area contributed by atoms with Crippen LogP contribution in [-0.2, 0) is 4.94 Å². The van der Waals surface area contributed by atoms with Crippen molar-refractivity contribution in [2.75, 3.05) is 0 Å². The Kier molecular flexibility index (Phi) is 2.41. The van der Waals surface area contributed by atoms with Gasteiger partial charge in [0.05, 0.1) is 0 Å². The molecule has 0 atom stereocenters. The van der Waals surface area contributed by atoms with Crippen LogP contribution in [0.1, 0.15) is 27.7 Å². The van der Waals surface area contributed by atoms with Crippen LogP contribution in [0.4, 0.5) is 4.53 Å². The fraction of sp³-hybridized carbons (Fsp3) is 1.00. The molecule has 8 heavy (non-hydrogen) atoms. The summed E-state index contributed by atoms with van der Waals surface area (Å²) in [5, 5.41) is 0. The summed E-state index contributed by atoms with van der Waals surface area (Å²) in [7, 11) is 0. The average molecular weight is 120 g/mol. The summed E-state index contributed by atoms with van der Waals surface area (Å²) in [5.74, 6) is 0.215. The molecule has 0 aliphatic heterocycles. The van der Waals surface area contributed by atoms with Crippen LogP contribution in [0.15, 0.2) is 0 Å². The highest BCUT2D eigenvalue weighted by Gasteiger charge is 2.23. The topological polar surface area (TPSA) is 9.23 Å². The van der Waals surface area contributed by atoms with Gasteiger partial charge in [-0.3, -0.25) is 0 Å². The Bertz CT molecular complexity index is 68.9. The lowest BCUT2D eigenvalue weighted by Crippen LogP contribution is -2.27. The summed E-state index contributed by atoms with van der Waals surface area (Å²) in [4.78, 5) is 3.70. The molecule has 0 aromatic carbocycles. The predicted molar refractivity (Wildman–Crippen MR) is 31.1 cm³/mol. The van der Waals surface area contributed by atoms with Crippen LogP contribution in [0, 0.1) is 5.92 Å². The van der Waals surface area contributed by atoms with Crippen molar-refractivity contribution in [2.24, 2.45) is 5.92 Å². The van der Waals surface area contributed by atoms with Crippen molar-refractivity contribution in [1.29, 1.82) is 0 Å². The lowest BCUT2D eigenvalue weighted by Gasteiger charge is -2.22. The number of halogens is 1. The molecular weight excluding hydrogens is 107 g/mol. The maximum absolute atomic E-state index is 11.5. The third-order valence-corrected chi connectivity index (χ3v) is 1.59. The van der Waals surface area contributed by atoms with E-state index in [4.69, 9.17) is 0 Å². The standard InChI is InChI=1S/C6H13FO/c1-5(2)6(3,4)8-7/h5H,1-4H3. The number of hydrogen-bond acceptors (Lipinski definition) is 1. The van der Waals surface area contributed by atoms with Crippen molar-refractivity contribution in [1.82, 2.24) is 0 Å². The van der Waals surface area contributed by atoms with Gasteiger partial charge in [0.25, 0.3) is 0 Å². The van der Waals surface area contributed by atoms with E-state index in [0.29, 0.717) is 0 Å². The first-order valence-corrected chi connectivity index (χ1v) is 2.80. The summed E-state index contributed by atoms with van der Waals surface area (Å²) in [5.41, 5.74) is -0.625. The van der Waals surface area contributed by atoms with Gasteiger partial charge in [-0.2, -0.15) is 4.94 Å². The van der Waals surface area contributed by atoms with Crippen LogP contribution < -0.4 is 0 Å². The Hall–Kier alpha value is -0.110. The van der Waals surface area contributed by atoms with Gasteiger partial charge < -0.3 is 0 Å². The maximum atomic E-state index is 11.5. The average Bonchev–Trinajstić information content (AvgIpc) is 1.67. The van der Waals surface area contributed by atoms with Gasteiger partial charge >= 0.3 is 0 Å². The van der Waals surface area contributed by atoms with E-state index in [0.717, 1.165) is 0 Å². The molecule has 0 spiro atoms. The molecule has 0 aromatic heterocycles. The van der Waals surface area contributed by atoms with Crippen LogP contribution in [0.25, 0.3) is 0 Å². The van der Waals surface area contributed by atoms with Crippen LogP contribution in [0.3, 0.4) is 0 Å². The van der Waals surface area contributed by atoms with Gasteiger partial charge in [-0.1, -0.05) is 13.8 Å². The van der Waals surface area contributed by atoms with Crippen molar-refractivity contribution >= 4 is 0 Å². The molecule has 0 saturated heterocycles. The van der Waals surface area contributed by atoms with Crippen molar-refractivity contribution in [3.63, 3.8) is 0 Å². The molecule has 0 amide bonds. The smallest absolute Gasteiger partial charge is 0.106 e. The van der Waals surface area contributed by atoms with Crippen molar-refractivity contribution < 1.29 is 9.47 Å². The third kappa shape index (κ3) is 1.78. The van der Waals surface area contributed by atoms with Crippen LogP contribution in [0.5, 0.6) is 0 Å². The minimum atomic E-state index is -0.625. The fourth-order valence-electron chi connectivity index (χ4n) is 0.0891. The van der Waals surface area contributed by atoms with Gasteiger partial charge in [-0.25, -0.2) is 0 Å². The van der Waals surface area contributed by atoms with Crippen molar-refractivity contribution in [3.05, 3.63) is 0 Å². The first kappa shape index (κ1) is 7.89. The lowest BCUT2D eigenvalue weighted by atomic mass is 9.95. The molecule has 0 bridgehead atoms. The van der Waals surface area contributed by atoms with E-state index in [1.807, 2.05) is 13.8 Å². The molecule has 0 radical (unpaired) electrons. The molecule has 1 nitrogen and oxygen atoms in total. The SMILES string of the molecule is CC(C)C(C)(C)OF. The van der Waals surface area contributed by atoms with E-state index in [-0.39, 0.29) is 5.92 Å². The monoisotopic (exact) mass is 120 g/mol. The summed E-state index contributed by atoms with van der Waals surface area (Å²) >= 11 is 0. The zero-order valence-electron chi connectivity index (χ0n) is 5.86. The Labute approximate surface area is 49.7 Å². The second-order valence-corrected chi connectivity index (χ2v) is 2.84. The van der Waals surface area contributed by atoms with Crippen LogP contribution in [0.2, 0.25) is 0 Å². The molecule has 0 rings (SSSR count). The quantitative estimate of drug-likeness (QED) is 0.543. The first-order valence-electron chi connectivity index (χ1n) is 2.80. The van der Waals surface area contributed by atoms with Gasteiger partial charge in [0.1, 0.15) is 5.60 Å². The van der Waals surface area contributed by atoms with E-state index in [2.05, 4.69) is 4.94 Å². The van der Waals surface area contributed by atoms with Gasteiger partial charge in [-0.05, 0) is 24.3 Å². The molecule has 0 heterocycles. The van der Waals surface area contributed by atoms with E-state index >= 15 is 0 Å². The molecule has 0 fully saturated rings. The van der Waals surface area contributed by atoms with Crippen LogP contribution in [-0.4, -0.2) is 5.60 Å².